The molecule has 1 atom stereocenters. The Morgan fingerprint density at radius 3 is 2.91 bits per heavy atom. The number of methoxy groups -OCH3 is 1. The highest BCUT2D eigenvalue weighted by molar-refractivity contribution is 7.22. The normalized spacial score (nSPS) is 15.8. The SMILES string of the molecule is CCCCCOc1cccc(C(=O)N(CC2CCCO2)c2nc3ccc(OC)cc3s2)c1. The van der Waals surface area contributed by atoms with Crippen molar-refractivity contribution in [2.24, 2.45) is 0 Å². The van der Waals surface area contributed by atoms with Gasteiger partial charge in [0.1, 0.15) is 11.5 Å². The zero-order valence-corrected chi connectivity index (χ0v) is 19.5. The molecule has 0 bridgehead atoms. The van der Waals surface area contributed by atoms with Crippen LogP contribution in [0, 0.1) is 0 Å². The molecule has 1 fully saturated rings. The summed E-state index contributed by atoms with van der Waals surface area (Å²) < 4.78 is 18.0. The van der Waals surface area contributed by atoms with E-state index in [9.17, 15) is 4.79 Å². The van der Waals surface area contributed by atoms with Crippen LogP contribution >= 0.6 is 11.3 Å². The molecule has 0 radical (unpaired) electrons. The van der Waals surface area contributed by atoms with Crippen LogP contribution < -0.4 is 14.4 Å². The molecule has 2 heterocycles. The largest absolute Gasteiger partial charge is 0.497 e. The zero-order valence-electron chi connectivity index (χ0n) is 18.7. The van der Waals surface area contributed by atoms with Crippen LogP contribution in [-0.4, -0.2) is 43.9 Å². The number of hydrogen-bond donors (Lipinski definition) is 0. The number of unbranched alkanes of at least 4 members (excludes halogenated alkanes) is 2. The van der Waals surface area contributed by atoms with Crippen LogP contribution in [0.4, 0.5) is 5.13 Å². The summed E-state index contributed by atoms with van der Waals surface area (Å²) in [6.07, 6.45) is 5.28. The van der Waals surface area contributed by atoms with Gasteiger partial charge < -0.3 is 14.2 Å². The summed E-state index contributed by atoms with van der Waals surface area (Å²) in [7, 11) is 1.65. The van der Waals surface area contributed by atoms with Gasteiger partial charge in [0.25, 0.3) is 5.91 Å². The highest BCUT2D eigenvalue weighted by Crippen LogP contribution is 2.33. The maximum atomic E-state index is 13.6. The quantitative estimate of drug-likeness (QED) is 0.368. The van der Waals surface area contributed by atoms with Gasteiger partial charge in [-0.2, -0.15) is 0 Å². The van der Waals surface area contributed by atoms with E-state index in [1.54, 1.807) is 12.0 Å². The molecule has 1 aliphatic rings. The predicted molar refractivity (Wildman–Crippen MR) is 128 cm³/mol. The summed E-state index contributed by atoms with van der Waals surface area (Å²) in [6, 6.07) is 13.2. The lowest BCUT2D eigenvalue weighted by atomic mass is 10.1. The number of ether oxygens (including phenoxy) is 3. The molecule has 32 heavy (non-hydrogen) atoms. The van der Waals surface area contributed by atoms with Crippen molar-refractivity contribution in [1.29, 1.82) is 0 Å². The molecule has 0 spiro atoms. The number of thiazole rings is 1. The Hall–Kier alpha value is -2.64. The van der Waals surface area contributed by atoms with Crippen molar-refractivity contribution in [2.45, 2.75) is 45.1 Å². The standard InChI is InChI=1S/C25H30N2O4S/c1-3-4-5-13-30-20-9-6-8-18(15-20)24(28)27(17-21-10-7-14-31-21)25-26-22-12-11-19(29-2)16-23(22)32-25/h6,8-9,11-12,15-16,21H,3-5,7,10,13-14,17H2,1-2H3. The van der Waals surface area contributed by atoms with Crippen LogP contribution in [-0.2, 0) is 4.74 Å². The minimum atomic E-state index is -0.0921. The second-order valence-electron chi connectivity index (χ2n) is 7.96. The molecule has 7 heteroatoms. The van der Waals surface area contributed by atoms with E-state index in [1.165, 1.54) is 11.3 Å². The summed E-state index contributed by atoms with van der Waals surface area (Å²) in [6.45, 7) is 4.05. The smallest absolute Gasteiger partial charge is 0.260 e. The molecule has 0 N–H and O–H groups in total. The van der Waals surface area contributed by atoms with Gasteiger partial charge in [-0.05, 0) is 55.7 Å². The lowest BCUT2D eigenvalue weighted by molar-refractivity contribution is 0.0917. The van der Waals surface area contributed by atoms with Crippen molar-refractivity contribution in [2.75, 3.05) is 31.8 Å². The van der Waals surface area contributed by atoms with E-state index in [4.69, 9.17) is 19.2 Å². The topological polar surface area (TPSA) is 60.9 Å². The van der Waals surface area contributed by atoms with E-state index in [2.05, 4.69) is 6.92 Å². The van der Waals surface area contributed by atoms with Crippen molar-refractivity contribution in [1.82, 2.24) is 4.98 Å². The van der Waals surface area contributed by atoms with Crippen LogP contribution in [0.2, 0.25) is 0 Å². The van der Waals surface area contributed by atoms with E-state index < -0.39 is 0 Å². The molecule has 1 saturated heterocycles. The van der Waals surface area contributed by atoms with E-state index >= 15 is 0 Å². The van der Waals surface area contributed by atoms with Crippen LogP contribution in [0.15, 0.2) is 42.5 Å². The van der Waals surface area contributed by atoms with Gasteiger partial charge in [-0.25, -0.2) is 4.98 Å². The maximum absolute atomic E-state index is 13.6. The van der Waals surface area contributed by atoms with E-state index in [0.29, 0.717) is 23.8 Å². The Labute approximate surface area is 193 Å². The molecule has 170 valence electrons. The Morgan fingerprint density at radius 2 is 2.12 bits per heavy atom. The minimum Gasteiger partial charge on any atom is -0.497 e. The van der Waals surface area contributed by atoms with Gasteiger partial charge in [0.2, 0.25) is 0 Å². The molecule has 0 aliphatic carbocycles. The summed E-state index contributed by atoms with van der Waals surface area (Å²) in [5.41, 5.74) is 1.44. The molecule has 4 rings (SSSR count). The lowest BCUT2D eigenvalue weighted by Crippen LogP contribution is -2.37. The highest BCUT2D eigenvalue weighted by atomic mass is 32.1. The molecule has 1 amide bonds. The number of anilines is 1. The van der Waals surface area contributed by atoms with Gasteiger partial charge in [0.05, 0.1) is 36.6 Å². The van der Waals surface area contributed by atoms with E-state index in [1.807, 2.05) is 42.5 Å². The molecular weight excluding hydrogens is 424 g/mol. The van der Waals surface area contributed by atoms with E-state index in [0.717, 1.165) is 60.4 Å². The first-order valence-electron chi connectivity index (χ1n) is 11.3. The van der Waals surface area contributed by atoms with E-state index in [-0.39, 0.29) is 12.0 Å². The molecule has 0 saturated carbocycles. The van der Waals surface area contributed by atoms with Gasteiger partial charge in [0, 0.05) is 12.2 Å². The Morgan fingerprint density at radius 1 is 1.22 bits per heavy atom. The molecule has 1 aromatic heterocycles. The number of carbonyl (C=O) groups excluding carboxylic acids is 1. The molecule has 1 unspecified atom stereocenters. The molecule has 3 aromatic rings. The average molecular weight is 455 g/mol. The van der Waals surface area contributed by atoms with Crippen molar-refractivity contribution in [3.63, 3.8) is 0 Å². The second-order valence-corrected chi connectivity index (χ2v) is 8.97. The molecule has 1 aliphatic heterocycles. The fourth-order valence-electron chi connectivity index (χ4n) is 3.79. The first kappa shape index (κ1) is 22.6. The van der Waals surface area contributed by atoms with Crippen molar-refractivity contribution in [3.05, 3.63) is 48.0 Å². The first-order valence-corrected chi connectivity index (χ1v) is 12.1. The van der Waals surface area contributed by atoms with Crippen molar-refractivity contribution >= 4 is 32.6 Å². The zero-order chi connectivity index (χ0) is 22.3. The van der Waals surface area contributed by atoms with Crippen molar-refractivity contribution in [3.8, 4) is 11.5 Å². The number of nitrogens with zero attached hydrogens (tertiary/aromatic N) is 2. The summed E-state index contributed by atoms with van der Waals surface area (Å²) in [4.78, 5) is 20.1. The number of rotatable bonds is 10. The number of aromatic nitrogens is 1. The fraction of sp³-hybridized carbons (Fsp3) is 0.440. The molecule has 2 aromatic carbocycles. The summed E-state index contributed by atoms with van der Waals surface area (Å²) in [5.74, 6) is 1.40. The Balaban J connectivity index is 1.59. The Kier molecular flexibility index (Phi) is 7.60. The number of amides is 1. The number of benzene rings is 2. The highest BCUT2D eigenvalue weighted by Gasteiger charge is 2.27. The van der Waals surface area contributed by atoms with Crippen LogP contribution in [0.5, 0.6) is 11.5 Å². The third-order valence-corrected chi connectivity index (χ3v) is 6.61. The summed E-state index contributed by atoms with van der Waals surface area (Å²) in [5, 5.41) is 0.669. The van der Waals surface area contributed by atoms with Gasteiger partial charge in [-0.1, -0.05) is 37.2 Å². The van der Waals surface area contributed by atoms with Crippen molar-refractivity contribution < 1.29 is 19.0 Å². The minimum absolute atomic E-state index is 0.0222. The summed E-state index contributed by atoms with van der Waals surface area (Å²) >= 11 is 1.49. The predicted octanol–water partition coefficient (Wildman–Crippen LogP) is 5.70. The van der Waals surface area contributed by atoms with Gasteiger partial charge in [-0.3, -0.25) is 9.69 Å². The third-order valence-electron chi connectivity index (χ3n) is 5.57. The average Bonchev–Trinajstić information content (AvgIpc) is 3.49. The number of fused-ring (bicyclic) bond motifs is 1. The maximum Gasteiger partial charge on any atom is 0.260 e. The second kappa shape index (κ2) is 10.8. The monoisotopic (exact) mass is 454 g/mol. The molecule has 6 nitrogen and oxygen atoms in total. The van der Waals surface area contributed by atoms with Crippen LogP contribution in [0.25, 0.3) is 10.2 Å². The van der Waals surface area contributed by atoms with Gasteiger partial charge in [-0.15, -0.1) is 0 Å². The number of hydrogen-bond acceptors (Lipinski definition) is 6. The Bertz CT molecular complexity index is 1050. The molecular formula is C25H30N2O4S. The van der Waals surface area contributed by atoms with Crippen LogP contribution in [0.1, 0.15) is 49.4 Å². The van der Waals surface area contributed by atoms with Gasteiger partial charge >= 0.3 is 0 Å². The number of carbonyl (C=O) groups is 1. The third kappa shape index (κ3) is 5.40. The first-order chi connectivity index (χ1) is 15.7. The lowest BCUT2D eigenvalue weighted by Gasteiger charge is -2.23. The fourth-order valence-corrected chi connectivity index (χ4v) is 4.79. The van der Waals surface area contributed by atoms with Gasteiger partial charge in [0.15, 0.2) is 5.13 Å². The van der Waals surface area contributed by atoms with Crippen LogP contribution in [0.3, 0.4) is 0 Å².